The third kappa shape index (κ3) is 3.42. The summed E-state index contributed by atoms with van der Waals surface area (Å²) in [6.45, 7) is 2.54. The maximum atomic E-state index is 12.1. The number of benzene rings is 1. The summed E-state index contributed by atoms with van der Waals surface area (Å²) in [5.41, 5.74) is 10.4. The molecule has 1 aliphatic heterocycles. The van der Waals surface area contributed by atoms with Gasteiger partial charge in [-0.05, 0) is 37.6 Å². The Hall–Kier alpha value is -3.72. The normalized spacial score (nSPS) is 13.9. The van der Waals surface area contributed by atoms with Crippen LogP contribution in [-0.2, 0) is 4.79 Å². The first-order chi connectivity index (χ1) is 13.5. The zero-order valence-electron chi connectivity index (χ0n) is 15.7. The van der Waals surface area contributed by atoms with Gasteiger partial charge in [0.1, 0.15) is 11.3 Å². The lowest BCUT2D eigenvalue weighted by molar-refractivity contribution is -0.125. The molecule has 0 aliphatic carbocycles. The summed E-state index contributed by atoms with van der Waals surface area (Å²) in [6, 6.07) is 11.5. The molecule has 1 aliphatic rings. The standard InChI is InChI=1S/C22H19N5O/c1-14-24-19-11-10-18(26-20(19)21(23)25-14)17-6-3-5-15(13-17)8-9-16-7-4-12-27(2)22(16)28/h3,5-7,10-11,13H,4,12H2,1-2H3,(H2,23,24,25). The fourth-order valence-corrected chi connectivity index (χ4v) is 3.12. The first kappa shape index (κ1) is 17.7. The molecule has 6 heteroatoms. The number of hydrogen-bond acceptors (Lipinski definition) is 5. The number of carbonyl (C=O) groups is 1. The molecule has 0 saturated carbocycles. The van der Waals surface area contributed by atoms with E-state index in [0.29, 0.717) is 22.7 Å². The van der Waals surface area contributed by atoms with Crippen molar-refractivity contribution < 1.29 is 4.79 Å². The summed E-state index contributed by atoms with van der Waals surface area (Å²) in [4.78, 5) is 27.0. The number of fused-ring (bicyclic) bond motifs is 1. The summed E-state index contributed by atoms with van der Waals surface area (Å²) < 4.78 is 0. The van der Waals surface area contributed by atoms with Crippen molar-refractivity contribution in [3.8, 4) is 23.1 Å². The molecule has 6 nitrogen and oxygen atoms in total. The van der Waals surface area contributed by atoms with Crippen LogP contribution in [0.2, 0.25) is 0 Å². The van der Waals surface area contributed by atoms with Gasteiger partial charge in [-0.2, -0.15) is 0 Å². The van der Waals surface area contributed by atoms with Gasteiger partial charge in [0.2, 0.25) is 0 Å². The molecule has 28 heavy (non-hydrogen) atoms. The number of nitrogens with two attached hydrogens (primary N) is 1. The second-order valence-corrected chi connectivity index (χ2v) is 6.68. The van der Waals surface area contributed by atoms with E-state index in [4.69, 9.17) is 5.73 Å². The lowest BCUT2D eigenvalue weighted by Gasteiger charge is -2.19. The van der Waals surface area contributed by atoms with E-state index in [-0.39, 0.29) is 5.91 Å². The summed E-state index contributed by atoms with van der Waals surface area (Å²) >= 11 is 0. The molecule has 0 radical (unpaired) electrons. The molecule has 0 spiro atoms. The van der Waals surface area contributed by atoms with Crippen LogP contribution >= 0.6 is 0 Å². The molecule has 2 aromatic heterocycles. The van der Waals surface area contributed by atoms with Crippen LogP contribution in [0.4, 0.5) is 5.82 Å². The van der Waals surface area contributed by atoms with E-state index in [1.54, 1.807) is 18.9 Å². The number of nitrogen functional groups attached to an aromatic ring is 1. The number of likely N-dealkylation sites (N-methyl/N-ethyl adjacent to an activating group) is 1. The van der Waals surface area contributed by atoms with Crippen LogP contribution in [0.5, 0.6) is 0 Å². The van der Waals surface area contributed by atoms with Gasteiger partial charge in [0, 0.05) is 24.7 Å². The highest BCUT2D eigenvalue weighted by Gasteiger charge is 2.16. The van der Waals surface area contributed by atoms with Crippen LogP contribution in [0, 0.1) is 18.8 Å². The fraction of sp³-hybridized carbons (Fsp3) is 0.182. The van der Waals surface area contributed by atoms with E-state index >= 15 is 0 Å². The van der Waals surface area contributed by atoms with Crippen LogP contribution < -0.4 is 5.73 Å². The Morgan fingerprint density at radius 2 is 1.96 bits per heavy atom. The first-order valence-electron chi connectivity index (χ1n) is 9.00. The van der Waals surface area contributed by atoms with Crippen LogP contribution in [0.3, 0.4) is 0 Å². The molecule has 2 N–H and O–H groups in total. The molecular weight excluding hydrogens is 350 g/mol. The molecule has 3 aromatic rings. The molecule has 1 aromatic carbocycles. The number of amides is 1. The summed E-state index contributed by atoms with van der Waals surface area (Å²) in [6.07, 6.45) is 2.73. The van der Waals surface area contributed by atoms with Gasteiger partial charge in [0.15, 0.2) is 5.82 Å². The number of nitrogens with zero attached hydrogens (tertiary/aromatic N) is 4. The average molecular weight is 369 g/mol. The highest BCUT2D eigenvalue weighted by atomic mass is 16.2. The number of rotatable bonds is 1. The molecule has 1 amide bonds. The Morgan fingerprint density at radius 3 is 2.82 bits per heavy atom. The summed E-state index contributed by atoms with van der Waals surface area (Å²) in [5, 5.41) is 0. The Labute approximate surface area is 163 Å². The fourth-order valence-electron chi connectivity index (χ4n) is 3.12. The topological polar surface area (TPSA) is 85.0 Å². The molecule has 3 heterocycles. The number of carbonyl (C=O) groups excluding carboxylic acids is 1. The molecule has 0 saturated heterocycles. The Morgan fingerprint density at radius 1 is 1.11 bits per heavy atom. The molecule has 0 atom stereocenters. The van der Waals surface area contributed by atoms with E-state index < -0.39 is 0 Å². The third-order valence-corrected chi connectivity index (χ3v) is 4.57. The SMILES string of the molecule is Cc1nc(N)c2nc(-c3cccc(C#CC4=CCCN(C)C4=O)c3)ccc2n1. The predicted octanol–water partition coefficient (Wildman–Crippen LogP) is 2.72. The lowest BCUT2D eigenvalue weighted by Crippen LogP contribution is -2.31. The zero-order chi connectivity index (χ0) is 19.7. The number of anilines is 1. The number of aryl methyl sites for hydroxylation is 1. The average Bonchev–Trinajstić information content (AvgIpc) is 2.69. The van der Waals surface area contributed by atoms with Crippen LogP contribution in [0.1, 0.15) is 17.8 Å². The van der Waals surface area contributed by atoms with Gasteiger partial charge in [-0.25, -0.2) is 15.0 Å². The Balaban J connectivity index is 1.68. The first-order valence-corrected chi connectivity index (χ1v) is 9.00. The minimum Gasteiger partial charge on any atom is -0.382 e. The van der Waals surface area contributed by atoms with E-state index in [2.05, 4.69) is 26.8 Å². The number of aromatic nitrogens is 3. The second kappa shape index (κ2) is 7.12. The van der Waals surface area contributed by atoms with Gasteiger partial charge in [-0.15, -0.1) is 0 Å². The maximum Gasteiger partial charge on any atom is 0.261 e. The van der Waals surface area contributed by atoms with Crippen molar-refractivity contribution in [1.29, 1.82) is 0 Å². The van der Waals surface area contributed by atoms with Crippen molar-refractivity contribution in [3.63, 3.8) is 0 Å². The zero-order valence-corrected chi connectivity index (χ0v) is 15.7. The van der Waals surface area contributed by atoms with E-state index in [0.717, 1.165) is 35.3 Å². The van der Waals surface area contributed by atoms with Crippen molar-refractivity contribution in [1.82, 2.24) is 19.9 Å². The third-order valence-electron chi connectivity index (χ3n) is 4.57. The van der Waals surface area contributed by atoms with Crippen LogP contribution in [0.15, 0.2) is 48.0 Å². The van der Waals surface area contributed by atoms with Gasteiger partial charge in [0.25, 0.3) is 5.91 Å². The second-order valence-electron chi connectivity index (χ2n) is 6.68. The molecule has 0 bridgehead atoms. The van der Waals surface area contributed by atoms with Crippen molar-refractivity contribution in [2.24, 2.45) is 0 Å². The van der Waals surface area contributed by atoms with Crippen molar-refractivity contribution >= 4 is 22.8 Å². The monoisotopic (exact) mass is 369 g/mol. The summed E-state index contributed by atoms with van der Waals surface area (Å²) in [7, 11) is 1.79. The molecular formula is C22H19N5O. The van der Waals surface area contributed by atoms with Gasteiger partial charge in [0.05, 0.1) is 16.8 Å². The van der Waals surface area contributed by atoms with Crippen LogP contribution in [0.25, 0.3) is 22.3 Å². The lowest BCUT2D eigenvalue weighted by atomic mass is 10.1. The molecule has 4 rings (SSSR count). The highest BCUT2D eigenvalue weighted by molar-refractivity contribution is 5.98. The van der Waals surface area contributed by atoms with E-state index in [1.165, 1.54) is 0 Å². The van der Waals surface area contributed by atoms with Gasteiger partial charge < -0.3 is 10.6 Å². The van der Waals surface area contributed by atoms with Crippen LogP contribution in [-0.4, -0.2) is 39.4 Å². The molecule has 138 valence electrons. The largest absolute Gasteiger partial charge is 0.382 e. The Kier molecular flexibility index (Phi) is 4.50. The van der Waals surface area contributed by atoms with Gasteiger partial charge >= 0.3 is 0 Å². The summed E-state index contributed by atoms with van der Waals surface area (Å²) in [5.74, 6) is 7.05. The number of hydrogen-bond donors (Lipinski definition) is 1. The van der Waals surface area contributed by atoms with E-state index in [9.17, 15) is 4.79 Å². The smallest absolute Gasteiger partial charge is 0.261 e. The minimum absolute atomic E-state index is 0.0307. The predicted molar refractivity (Wildman–Crippen MR) is 109 cm³/mol. The van der Waals surface area contributed by atoms with E-state index in [1.807, 2.05) is 42.5 Å². The molecule has 0 unspecified atom stereocenters. The minimum atomic E-state index is -0.0307. The maximum absolute atomic E-state index is 12.1. The van der Waals surface area contributed by atoms with Gasteiger partial charge in [-0.1, -0.05) is 30.0 Å². The molecule has 0 fully saturated rings. The van der Waals surface area contributed by atoms with Gasteiger partial charge in [-0.3, -0.25) is 4.79 Å². The quantitative estimate of drug-likeness (QED) is 0.667. The van der Waals surface area contributed by atoms with Crippen molar-refractivity contribution in [2.75, 3.05) is 19.3 Å². The van der Waals surface area contributed by atoms with Crippen molar-refractivity contribution in [2.45, 2.75) is 13.3 Å². The van der Waals surface area contributed by atoms with Crippen molar-refractivity contribution in [3.05, 3.63) is 59.4 Å². The Bertz CT molecular complexity index is 1190. The number of pyridine rings is 1. The highest BCUT2D eigenvalue weighted by Crippen LogP contribution is 2.23.